The Morgan fingerprint density at radius 1 is 1.17 bits per heavy atom. The van der Waals surface area contributed by atoms with Gasteiger partial charge in [0.05, 0.1) is 5.10 Å². The van der Waals surface area contributed by atoms with Crippen molar-refractivity contribution in [1.29, 1.82) is 0 Å². The molecule has 0 spiro atoms. The second-order valence-corrected chi connectivity index (χ2v) is 6.53. The zero-order chi connectivity index (χ0) is 20.4. The van der Waals surface area contributed by atoms with Gasteiger partial charge >= 0.3 is 5.82 Å². The largest absolute Gasteiger partial charge is 0.486 e. The predicted octanol–water partition coefficient (Wildman–Crippen LogP) is 2.04. The number of hydrogen-bond donors (Lipinski definition) is 1. The Bertz CT molecular complexity index is 1120. The zero-order valence-electron chi connectivity index (χ0n) is 15.7. The Kier molecular flexibility index (Phi) is 4.90. The van der Waals surface area contributed by atoms with Crippen LogP contribution >= 0.6 is 0 Å². The Morgan fingerprint density at radius 3 is 2.62 bits per heavy atom. The number of benzene rings is 2. The van der Waals surface area contributed by atoms with E-state index in [0.29, 0.717) is 41.7 Å². The van der Waals surface area contributed by atoms with Crippen LogP contribution in [0.2, 0.25) is 0 Å². The van der Waals surface area contributed by atoms with Crippen LogP contribution in [0.3, 0.4) is 0 Å². The fraction of sp³-hybridized carbons (Fsp3) is 0.263. The van der Waals surface area contributed by atoms with Crippen molar-refractivity contribution in [2.45, 2.75) is 13.3 Å². The normalized spacial score (nSPS) is 13.5. The van der Waals surface area contributed by atoms with Crippen molar-refractivity contribution < 1.29 is 19.6 Å². The molecule has 0 amide bonds. The molecule has 3 aromatic rings. The van der Waals surface area contributed by atoms with Gasteiger partial charge in [-0.2, -0.15) is 0 Å². The molecule has 2 aromatic carbocycles. The summed E-state index contributed by atoms with van der Waals surface area (Å²) in [5.41, 5.74) is 2.35. The first-order valence-corrected chi connectivity index (χ1v) is 9.05. The van der Waals surface area contributed by atoms with Gasteiger partial charge in [0, 0.05) is 12.6 Å². The number of aryl methyl sites for hydroxylation is 1. The number of hydrogen-bond acceptors (Lipinski definition) is 7. The quantitative estimate of drug-likeness (QED) is 0.400. The van der Waals surface area contributed by atoms with Gasteiger partial charge in [-0.15, -0.1) is 0 Å². The molecule has 1 aliphatic rings. The molecule has 10 nitrogen and oxygen atoms in total. The fourth-order valence-electron chi connectivity index (χ4n) is 2.98. The minimum atomic E-state index is -0.675. The third-order valence-electron chi connectivity index (χ3n) is 4.47. The maximum atomic E-state index is 11.4. The van der Waals surface area contributed by atoms with Gasteiger partial charge in [-0.1, -0.05) is 34.7 Å². The van der Waals surface area contributed by atoms with Crippen LogP contribution in [0, 0.1) is 17.0 Å². The lowest BCUT2D eigenvalue weighted by atomic mass is 10.1. The Hall–Kier alpha value is -3.82. The molecule has 4 rings (SSSR count). The average molecular weight is 397 g/mol. The van der Waals surface area contributed by atoms with Crippen LogP contribution in [0.25, 0.3) is 5.69 Å². The van der Waals surface area contributed by atoms with Crippen LogP contribution in [-0.4, -0.2) is 44.6 Å². The molecular weight excluding hydrogens is 378 g/mol. The Labute approximate surface area is 165 Å². The maximum absolute atomic E-state index is 11.4. The molecular formula is C19H19N5O5. The minimum Gasteiger partial charge on any atom is -0.486 e. The second-order valence-electron chi connectivity index (χ2n) is 6.53. The molecule has 2 heterocycles. The van der Waals surface area contributed by atoms with E-state index in [-0.39, 0.29) is 12.0 Å². The summed E-state index contributed by atoms with van der Waals surface area (Å²) in [6.07, 6.45) is 0.576. The SMILES string of the molecule is Cc1ccc(CCN=c2c([N+](=O)[O-])nn(-c3ccc4c(c3)OCCO4)n2O)cc1. The van der Waals surface area contributed by atoms with Crippen molar-refractivity contribution in [2.24, 2.45) is 4.99 Å². The lowest BCUT2D eigenvalue weighted by molar-refractivity contribution is -0.391. The lowest BCUT2D eigenvalue weighted by Crippen LogP contribution is -2.23. The van der Waals surface area contributed by atoms with Crippen molar-refractivity contribution in [1.82, 2.24) is 14.7 Å². The van der Waals surface area contributed by atoms with E-state index < -0.39 is 10.7 Å². The first kappa shape index (κ1) is 18.5. The summed E-state index contributed by atoms with van der Waals surface area (Å²) >= 11 is 0. The van der Waals surface area contributed by atoms with E-state index in [1.54, 1.807) is 18.2 Å². The standard InChI is InChI=1S/C19H19N5O5/c1-13-2-4-14(5-3-13)8-9-20-18-19(24(26)27)21-22(23(18)25)15-6-7-16-17(12-15)29-11-10-28-16/h2-7,12,25H,8-11H2,1H3. The Balaban J connectivity index is 1.66. The van der Waals surface area contributed by atoms with Crippen molar-refractivity contribution in [2.75, 3.05) is 19.8 Å². The van der Waals surface area contributed by atoms with Gasteiger partial charge in [0.1, 0.15) is 18.9 Å². The summed E-state index contributed by atoms with van der Waals surface area (Å²) in [5.74, 6) is 0.505. The van der Waals surface area contributed by atoms with Gasteiger partial charge in [-0.25, -0.2) is 0 Å². The van der Waals surface area contributed by atoms with E-state index in [1.165, 1.54) is 0 Å². The van der Waals surface area contributed by atoms with Crippen LogP contribution in [0.4, 0.5) is 5.82 Å². The number of ether oxygens (including phenoxy) is 2. The smallest absolute Gasteiger partial charge is 0.438 e. The number of nitrogens with zero attached hydrogens (tertiary/aromatic N) is 5. The monoisotopic (exact) mass is 397 g/mol. The highest BCUT2D eigenvalue weighted by Gasteiger charge is 2.25. The summed E-state index contributed by atoms with van der Waals surface area (Å²) in [4.78, 5) is 16.5. The van der Waals surface area contributed by atoms with Crippen LogP contribution < -0.4 is 15.0 Å². The highest BCUT2D eigenvalue weighted by atomic mass is 16.6. The van der Waals surface area contributed by atoms with Crippen molar-refractivity contribution in [3.8, 4) is 17.2 Å². The summed E-state index contributed by atoms with van der Waals surface area (Å²) in [7, 11) is 0. The molecule has 0 saturated carbocycles. The predicted molar refractivity (Wildman–Crippen MR) is 102 cm³/mol. The molecule has 1 N–H and O–H groups in total. The molecule has 0 unspecified atom stereocenters. The third kappa shape index (κ3) is 3.77. The summed E-state index contributed by atoms with van der Waals surface area (Å²) in [5, 5.41) is 25.8. The topological polar surface area (TPSA) is 117 Å². The first-order chi connectivity index (χ1) is 14.0. The fourth-order valence-corrected chi connectivity index (χ4v) is 2.98. The highest BCUT2D eigenvalue weighted by Crippen LogP contribution is 2.31. The average Bonchev–Trinajstić information content (AvgIpc) is 3.06. The van der Waals surface area contributed by atoms with Gasteiger partial charge in [0.25, 0.3) is 5.49 Å². The molecule has 150 valence electrons. The molecule has 0 fully saturated rings. The molecule has 0 bridgehead atoms. The van der Waals surface area contributed by atoms with Gasteiger partial charge in [-0.05, 0) is 40.8 Å². The maximum Gasteiger partial charge on any atom is 0.438 e. The molecule has 0 atom stereocenters. The van der Waals surface area contributed by atoms with Crippen LogP contribution in [-0.2, 0) is 6.42 Å². The van der Waals surface area contributed by atoms with Crippen molar-refractivity contribution in [3.63, 3.8) is 0 Å². The van der Waals surface area contributed by atoms with Gasteiger partial charge in [0.15, 0.2) is 11.5 Å². The molecule has 0 aliphatic carbocycles. The lowest BCUT2D eigenvalue weighted by Gasteiger charge is -2.18. The summed E-state index contributed by atoms with van der Waals surface area (Å²) < 4.78 is 11.0. The third-order valence-corrected chi connectivity index (χ3v) is 4.47. The van der Waals surface area contributed by atoms with Crippen molar-refractivity contribution in [3.05, 3.63) is 69.2 Å². The van der Waals surface area contributed by atoms with E-state index in [2.05, 4.69) is 10.1 Å². The van der Waals surface area contributed by atoms with Crippen LogP contribution in [0.1, 0.15) is 11.1 Å². The van der Waals surface area contributed by atoms with Crippen LogP contribution in [0.15, 0.2) is 47.5 Å². The molecule has 1 aromatic heterocycles. The molecule has 0 saturated heterocycles. The van der Waals surface area contributed by atoms with E-state index in [1.807, 2.05) is 31.2 Å². The van der Waals surface area contributed by atoms with Crippen molar-refractivity contribution >= 4 is 5.82 Å². The Morgan fingerprint density at radius 2 is 1.90 bits per heavy atom. The summed E-state index contributed by atoms with van der Waals surface area (Å²) in [6, 6.07) is 12.8. The number of rotatable bonds is 5. The number of nitro groups is 1. The van der Waals surface area contributed by atoms with Gasteiger partial charge in [0.2, 0.25) is 0 Å². The first-order valence-electron chi connectivity index (χ1n) is 9.05. The molecule has 1 aliphatic heterocycles. The molecule has 29 heavy (non-hydrogen) atoms. The highest BCUT2D eigenvalue weighted by molar-refractivity contribution is 5.49. The van der Waals surface area contributed by atoms with E-state index >= 15 is 0 Å². The van der Waals surface area contributed by atoms with E-state index in [9.17, 15) is 15.3 Å². The molecule has 0 radical (unpaired) electrons. The van der Waals surface area contributed by atoms with Gasteiger partial charge < -0.3 is 24.8 Å². The second kappa shape index (κ2) is 7.66. The summed E-state index contributed by atoms with van der Waals surface area (Å²) in [6.45, 7) is 3.10. The van der Waals surface area contributed by atoms with E-state index in [4.69, 9.17) is 9.47 Å². The minimum absolute atomic E-state index is 0.225. The van der Waals surface area contributed by atoms with Gasteiger partial charge in [-0.3, -0.25) is 4.99 Å². The van der Waals surface area contributed by atoms with Crippen LogP contribution in [0.5, 0.6) is 11.5 Å². The number of fused-ring (bicyclic) bond motifs is 1. The number of aromatic nitrogens is 3. The molecule has 10 heteroatoms. The van der Waals surface area contributed by atoms with E-state index in [0.717, 1.165) is 15.9 Å². The zero-order valence-corrected chi connectivity index (χ0v) is 15.7.